The van der Waals surface area contributed by atoms with Crippen LogP contribution in [0.25, 0.3) is 0 Å². The van der Waals surface area contributed by atoms with Gasteiger partial charge in [-0.15, -0.1) is 0 Å². The van der Waals surface area contributed by atoms with Crippen molar-refractivity contribution < 1.29 is 18.3 Å². The monoisotopic (exact) mass is 308 g/mol. The molecule has 2 rings (SSSR count). The molecule has 2 heterocycles. The van der Waals surface area contributed by atoms with E-state index in [9.17, 15) is 18.3 Å². The lowest BCUT2D eigenvalue weighted by molar-refractivity contribution is -0.0588. The van der Waals surface area contributed by atoms with Crippen LogP contribution in [0.15, 0.2) is 9.00 Å². The summed E-state index contributed by atoms with van der Waals surface area (Å²) >= 11 is 0.639. The zero-order chi connectivity index (χ0) is 14.1. The molecular formula is C10H16N2O5S2. The largest absolute Gasteiger partial charge is 0.388 e. The lowest BCUT2D eigenvalue weighted by Crippen LogP contribution is -2.46. The Bertz CT molecular complexity index is 598. The third-order valence-electron chi connectivity index (χ3n) is 3.04. The van der Waals surface area contributed by atoms with E-state index in [-0.39, 0.29) is 10.8 Å². The van der Waals surface area contributed by atoms with Gasteiger partial charge in [0.2, 0.25) is 0 Å². The average Bonchev–Trinajstić information content (AvgIpc) is 2.68. The molecule has 1 aliphatic heterocycles. The predicted molar refractivity (Wildman–Crippen MR) is 69.9 cm³/mol. The summed E-state index contributed by atoms with van der Waals surface area (Å²) in [5.41, 5.74) is -0.776. The maximum absolute atomic E-state index is 12.0. The van der Waals surface area contributed by atoms with Crippen LogP contribution in [0.5, 0.6) is 0 Å². The first-order valence-electron chi connectivity index (χ1n) is 5.82. The first kappa shape index (κ1) is 14.7. The molecule has 0 spiro atoms. The molecule has 19 heavy (non-hydrogen) atoms. The highest BCUT2D eigenvalue weighted by molar-refractivity contribution is 7.91. The Morgan fingerprint density at radius 3 is 2.63 bits per heavy atom. The fourth-order valence-electron chi connectivity index (χ4n) is 1.87. The molecule has 3 N–H and O–H groups in total. The van der Waals surface area contributed by atoms with Gasteiger partial charge in [-0.05, 0) is 6.92 Å². The van der Waals surface area contributed by atoms with Crippen LogP contribution in [0, 0.1) is 6.92 Å². The highest BCUT2D eigenvalue weighted by atomic mass is 32.2. The Labute approximate surface area is 114 Å². The molecule has 0 saturated carbocycles. The minimum atomic E-state index is -3.77. The lowest BCUT2D eigenvalue weighted by atomic mass is 9.95. The van der Waals surface area contributed by atoms with Crippen molar-refractivity contribution in [1.82, 2.24) is 9.71 Å². The van der Waals surface area contributed by atoms with Crippen LogP contribution in [0.3, 0.4) is 0 Å². The number of sulfonamides is 1. The number of hydrogen-bond donors (Lipinski definition) is 3. The van der Waals surface area contributed by atoms with Crippen molar-refractivity contribution in [2.24, 2.45) is 0 Å². The van der Waals surface area contributed by atoms with Crippen molar-refractivity contribution >= 4 is 21.4 Å². The molecule has 0 bridgehead atoms. The molecule has 0 aliphatic carbocycles. The standard InChI is InChI=1S/C10H16N2O5S2/c1-7-8(18-9(13)12-7)19(15,16)11-6-10(14)2-4-17-5-3-10/h11,14H,2-6H2,1H3,(H,12,13). The van der Waals surface area contributed by atoms with Gasteiger partial charge in [0.05, 0.1) is 5.60 Å². The molecule has 108 valence electrons. The quantitative estimate of drug-likeness (QED) is 0.699. The van der Waals surface area contributed by atoms with Crippen LogP contribution in [0.4, 0.5) is 0 Å². The van der Waals surface area contributed by atoms with Gasteiger partial charge >= 0.3 is 4.87 Å². The molecule has 1 saturated heterocycles. The molecule has 1 fully saturated rings. The molecule has 7 nitrogen and oxygen atoms in total. The fraction of sp³-hybridized carbons (Fsp3) is 0.700. The number of ether oxygens (including phenoxy) is 1. The zero-order valence-electron chi connectivity index (χ0n) is 10.4. The average molecular weight is 308 g/mol. The minimum Gasteiger partial charge on any atom is -0.388 e. The second kappa shape index (κ2) is 5.33. The maximum atomic E-state index is 12.0. The molecule has 0 unspecified atom stereocenters. The minimum absolute atomic E-state index is 0.0341. The van der Waals surface area contributed by atoms with Gasteiger partial charge in [0.25, 0.3) is 10.0 Å². The van der Waals surface area contributed by atoms with Crippen molar-refractivity contribution in [2.75, 3.05) is 19.8 Å². The Morgan fingerprint density at radius 2 is 2.11 bits per heavy atom. The van der Waals surface area contributed by atoms with E-state index in [0.29, 0.717) is 43.1 Å². The molecule has 0 radical (unpaired) electrons. The number of hydrogen-bond acceptors (Lipinski definition) is 6. The molecule has 1 aliphatic rings. The second-order valence-corrected chi connectivity index (χ2v) is 7.53. The van der Waals surface area contributed by atoms with Gasteiger partial charge in [-0.2, -0.15) is 0 Å². The number of thiazole rings is 1. The number of H-pyrrole nitrogens is 1. The van der Waals surface area contributed by atoms with E-state index in [0.717, 1.165) is 0 Å². The van der Waals surface area contributed by atoms with E-state index in [4.69, 9.17) is 4.74 Å². The highest BCUT2D eigenvalue weighted by Gasteiger charge is 2.32. The second-order valence-electron chi connectivity index (χ2n) is 4.59. The highest BCUT2D eigenvalue weighted by Crippen LogP contribution is 2.21. The number of aromatic amines is 1. The van der Waals surface area contributed by atoms with Gasteiger partial charge in [0, 0.05) is 38.3 Å². The Morgan fingerprint density at radius 1 is 1.47 bits per heavy atom. The van der Waals surface area contributed by atoms with Crippen molar-refractivity contribution in [3.63, 3.8) is 0 Å². The van der Waals surface area contributed by atoms with E-state index in [1.165, 1.54) is 6.92 Å². The number of nitrogens with one attached hydrogen (secondary N) is 2. The summed E-state index contributed by atoms with van der Waals surface area (Å²) in [4.78, 5) is 13.1. The van der Waals surface area contributed by atoms with Crippen molar-refractivity contribution in [3.05, 3.63) is 15.4 Å². The molecule has 0 amide bonds. The number of rotatable bonds is 4. The van der Waals surface area contributed by atoms with Crippen LogP contribution < -0.4 is 9.60 Å². The number of aromatic nitrogens is 1. The Balaban J connectivity index is 2.10. The predicted octanol–water partition coefficient (Wildman–Crippen LogP) is -0.435. The van der Waals surface area contributed by atoms with Crippen LogP contribution in [0.1, 0.15) is 18.5 Å². The third-order valence-corrected chi connectivity index (χ3v) is 6.05. The number of aliphatic hydroxyl groups is 1. The summed E-state index contributed by atoms with van der Waals surface area (Å²) in [5.74, 6) is 0. The Kier molecular flexibility index (Phi) is 4.11. The fourth-order valence-corrected chi connectivity index (χ4v) is 4.33. The lowest BCUT2D eigenvalue weighted by Gasteiger charge is -2.31. The van der Waals surface area contributed by atoms with Gasteiger partial charge < -0.3 is 14.8 Å². The molecule has 1 aromatic rings. The maximum Gasteiger partial charge on any atom is 0.305 e. The summed E-state index contributed by atoms with van der Waals surface area (Å²) in [6.07, 6.45) is 0.774. The summed E-state index contributed by atoms with van der Waals surface area (Å²) in [6.45, 7) is 2.27. The molecule has 9 heteroatoms. The van der Waals surface area contributed by atoms with Crippen LogP contribution >= 0.6 is 11.3 Å². The number of aryl methyl sites for hydroxylation is 1. The SMILES string of the molecule is Cc1[nH]c(=O)sc1S(=O)(=O)NCC1(O)CCOCC1. The first-order chi connectivity index (χ1) is 8.82. The van der Waals surface area contributed by atoms with Crippen molar-refractivity contribution in [2.45, 2.75) is 29.6 Å². The summed E-state index contributed by atoms with van der Waals surface area (Å²) in [5, 5.41) is 10.2. The van der Waals surface area contributed by atoms with Gasteiger partial charge in [-0.25, -0.2) is 13.1 Å². The summed E-state index contributed by atoms with van der Waals surface area (Å²) in [7, 11) is -3.77. The normalized spacial score (nSPS) is 19.5. The van der Waals surface area contributed by atoms with E-state index >= 15 is 0 Å². The molecule has 0 atom stereocenters. The van der Waals surface area contributed by atoms with E-state index in [2.05, 4.69) is 9.71 Å². The molecular weight excluding hydrogens is 292 g/mol. The van der Waals surface area contributed by atoms with Gasteiger partial charge in [-0.1, -0.05) is 11.3 Å². The smallest absolute Gasteiger partial charge is 0.305 e. The van der Waals surface area contributed by atoms with Crippen LogP contribution in [-0.2, 0) is 14.8 Å². The van der Waals surface area contributed by atoms with E-state index in [1.54, 1.807) is 0 Å². The summed E-state index contributed by atoms with van der Waals surface area (Å²) in [6, 6.07) is 0. The topological polar surface area (TPSA) is 108 Å². The van der Waals surface area contributed by atoms with Crippen molar-refractivity contribution in [1.29, 1.82) is 0 Å². The van der Waals surface area contributed by atoms with Gasteiger partial charge in [0.1, 0.15) is 0 Å². The Hall–Kier alpha value is -0.740. The van der Waals surface area contributed by atoms with E-state index < -0.39 is 20.5 Å². The first-order valence-corrected chi connectivity index (χ1v) is 8.12. The molecule has 0 aromatic carbocycles. The van der Waals surface area contributed by atoms with Gasteiger partial charge in [0.15, 0.2) is 4.21 Å². The third kappa shape index (κ3) is 3.42. The van der Waals surface area contributed by atoms with E-state index in [1.807, 2.05) is 0 Å². The van der Waals surface area contributed by atoms with Crippen LogP contribution in [-0.4, -0.2) is 43.9 Å². The van der Waals surface area contributed by atoms with Crippen LogP contribution in [0.2, 0.25) is 0 Å². The summed E-state index contributed by atoms with van der Waals surface area (Å²) < 4.78 is 31.5. The van der Waals surface area contributed by atoms with Gasteiger partial charge in [-0.3, -0.25) is 4.79 Å². The van der Waals surface area contributed by atoms with Crippen molar-refractivity contribution in [3.8, 4) is 0 Å². The zero-order valence-corrected chi connectivity index (χ0v) is 12.1. The molecule has 1 aromatic heterocycles.